The number of aromatic amines is 1. The minimum Gasteiger partial charge on any atom is -0.370 e. The highest BCUT2D eigenvalue weighted by Crippen LogP contribution is 2.43. The molecule has 1 saturated heterocycles. The van der Waals surface area contributed by atoms with Gasteiger partial charge in [0.15, 0.2) is 0 Å². The van der Waals surface area contributed by atoms with E-state index >= 15 is 0 Å². The summed E-state index contributed by atoms with van der Waals surface area (Å²) in [5, 5.41) is 13.8. The van der Waals surface area contributed by atoms with Gasteiger partial charge in [-0.15, -0.1) is 23.7 Å². The maximum absolute atomic E-state index is 12.8. The standard InChI is InChI=1S/C22H24N4O2S.ClH/c27-21(24-14-16-12-18(26-25-16)15-4-2-1-3-5-15)20-13-17-19(29-20)6-11-28-22(17)7-9-23-10-8-22;/h1-5,12-13,23H,6-11,14H2,(H,24,27)(H,25,26);1H. The van der Waals surface area contributed by atoms with Crippen molar-refractivity contribution < 1.29 is 9.53 Å². The van der Waals surface area contributed by atoms with Gasteiger partial charge in [-0.3, -0.25) is 9.89 Å². The molecule has 1 aromatic carbocycles. The smallest absolute Gasteiger partial charge is 0.261 e. The van der Waals surface area contributed by atoms with Crippen molar-refractivity contribution in [3.05, 3.63) is 63.5 Å². The number of aromatic nitrogens is 2. The molecule has 6 nitrogen and oxygen atoms in total. The molecule has 1 fully saturated rings. The molecule has 3 aromatic rings. The van der Waals surface area contributed by atoms with Crippen LogP contribution in [-0.4, -0.2) is 35.8 Å². The van der Waals surface area contributed by atoms with E-state index in [1.165, 1.54) is 10.4 Å². The van der Waals surface area contributed by atoms with Crippen molar-refractivity contribution in [3.63, 3.8) is 0 Å². The Kier molecular flexibility index (Phi) is 6.24. The van der Waals surface area contributed by atoms with E-state index in [-0.39, 0.29) is 23.9 Å². The summed E-state index contributed by atoms with van der Waals surface area (Å²) in [5.74, 6) is -0.0376. The van der Waals surface area contributed by atoms with E-state index in [1.54, 1.807) is 11.3 Å². The average Bonchev–Trinajstić information content (AvgIpc) is 3.42. The van der Waals surface area contributed by atoms with Crippen LogP contribution in [0.5, 0.6) is 0 Å². The number of fused-ring (bicyclic) bond motifs is 2. The van der Waals surface area contributed by atoms with Crippen LogP contribution in [0.1, 0.15) is 38.6 Å². The zero-order chi connectivity index (χ0) is 19.7. The topological polar surface area (TPSA) is 79.0 Å². The molecule has 2 aliphatic heterocycles. The van der Waals surface area contributed by atoms with Crippen molar-refractivity contribution >= 4 is 29.7 Å². The lowest BCUT2D eigenvalue weighted by Gasteiger charge is -2.40. The van der Waals surface area contributed by atoms with Gasteiger partial charge in [-0.25, -0.2) is 0 Å². The molecule has 8 heteroatoms. The largest absolute Gasteiger partial charge is 0.370 e. The highest BCUT2D eigenvalue weighted by molar-refractivity contribution is 7.14. The molecular weight excluding hydrogens is 420 g/mol. The second-order valence-corrected chi connectivity index (χ2v) is 8.75. The lowest BCUT2D eigenvalue weighted by molar-refractivity contribution is -0.0792. The zero-order valence-electron chi connectivity index (χ0n) is 16.6. The van der Waals surface area contributed by atoms with Crippen molar-refractivity contribution in [2.45, 2.75) is 31.4 Å². The molecule has 1 amide bonds. The summed E-state index contributed by atoms with van der Waals surface area (Å²) in [6.07, 6.45) is 2.83. The van der Waals surface area contributed by atoms with Gasteiger partial charge in [-0.05, 0) is 43.6 Å². The summed E-state index contributed by atoms with van der Waals surface area (Å²) in [6.45, 7) is 3.08. The summed E-state index contributed by atoms with van der Waals surface area (Å²) in [6, 6.07) is 14.0. The van der Waals surface area contributed by atoms with Crippen LogP contribution in [-0.2, 0) is 23.3 Å². The number of piperidine rings is 1. The fourth-order valence-corrected chi connectivity index (χ4v) is 5.39. The van der Waals surface area contributed by atoms with Gasteiger partial charge in [0.05, 0.1) is 35.0 Å². The Morgan fingerprint density at radius 3 is 2.80 bits per heavy atom. The molecule has 4 heterocycles. The number of halogens is 1. The average molecular weight is 445 g/mol. The molecule has 0 bridgehead atoms. The van der Waals surface area contributed by atoms with E-state index in [1.807, 2.05) is 36.4 Å². The Morgan fingerprint density at radius 2 is 2.00 bits per heavy atom. The van der Waals surface area contributed by atoms with Gasteiger partial charge in [0.25, 0.3) is 5.91 Å². The number of H-pyrrole nitrogens is 1. The third-order valence-electron chi connectivity index (χ3n) is 5.78. The zero-order valence-corrected chi connectivity index (χ0v) is 18.2. The Balaban J connectivity index is 0.00000218. The van der Waals surface area contributed by atoms with Crippen LogP contribution in [0.2, 0.25) is 0 Å². The van der Waals surface area contributed by atoms with Gasteiger partial charge in [-0.1, -0.05) is 30.3 Å². The van der Waals surface area contributed by atoms with Gasteiger partial charge < -0.3 is 15.4 Å². The fourth-order valence-electron chi connectivity index (χ4n) is 4.24. The van der Waals surface area contributed by atoms with E-state index in [4.69, 9.17) is 4.74 Å². The van der Waals surface area contributed by atoms with Crippen molar-refractivity contribution in [1.82, 2.24) is 20.8 Å². The van der Waals surface area contributed by atoms with E-state index in [0.717, 1.165) is 60.8 Å². The maximum atomic E-state index is 12.8. The van der Waals surface area contributed by atoms with Crippen molar-refractivity contribution in [2.24, 2.45) is 0 Å². The van der Waals surface area contributed by atoms with Crippen LogP contribution < -0.4 is 10.6 Å². The van der Waals surface area contributed by atoms with Crippen LogP contribution in [0.15, 0.2) is 42.5 Å². The number of ether oxygens (including phenoxy) is 1. The van der Waals surface area contributed by atoms with E-state index in [9.17, 15) is 4.79 Å². The third-order valence-corrected chi connectivity index (χ3v) is 6.98. The van der Waals surface area contributed by atoms with Crippen molar-refractivity contribution in [2.75, 3.05) is 19.7 Å². The van der Waals surface area contributed by atoms with Gasteiger partial charge in [0.2, 0.25) is 0 Å². The number of hydrogen-bond acceptors (Lipinski definition) is 5. The monoisotopic (exact) mass is 444 g/mol. The number of benzene rings is 1. The van der Waals surface area contributed by atoms with Crippen molar-refractivity contribution in [1.29, 1.82) is 0 Å². The lowest BCUT2D eigenvalue weighted by Crippen LogP contribution is -2.44. The Bertz CT molecular complexity index is 1010. The van der Waals surface area contributed by atoms with Crippen LogP contribution in [0.3, 0.4) is 0 Å². The Hall–Kier alpha value is -2.19. The summed E-state index contributed by atoms with van der Waals surface area (Å²) < 4.78 is 6.22. The summed E-state index contributed by atoms with van der Waals surface area (Å²) in [5.41, 5.74) is 3.85. The van der Waals surface area contributed by atoms with Crippen LogP contribution in [0, 0.1) is 0 Å². The van der Waals surface area contributed by atoms with Crippen LogP contribution >= 0.6 is 23.7 Å². The van der Waals surface area contributed by atoms with Gasteiger partial charge in [0.1, 0.15) is 0 Å². The van der Waals surface area contributed by atoms with Gasteiger partial charge in [-0.2, -0.15) is 5.10 Å². The molecular formula is C22H25ClN4O2S. The third kappa shape index (κ3) is 4.03. The molecule has 0 aliphatic carbocycles. The first-order valence-electron chi connectivity index (χ1n) is 10.1. The molecule has 5 rings (SSSR count). The number of nitrogens with one attached hydrogen (secondary N) is 3. The number of rotatable bonds is 4. The van der Waals surface area contributed by atoms with Gasteiger partial charge in [0, 0.05) is 16.9 Å². The van der Waals surface area contributed by atoms with E-state index < -0.39 is 0 Å². The second-order valence-electron chi connectivity index (χ2n) is 7.62. The predicted molar refractivity (Wildman–Crippen MR) is 120 cm³/mol. The summed E-state index contributed by atoms with van der Waals surface area (Å²) in [7, 11) is 0. The number of carbonyl (C=O) groups excluding carboxylic acids is 1. The minimum absolute atomic E-state index is 0. The number of carbonyl (C=O) groups is 1. The van der Waals surface area contributed by atoms with Crippen LogP contribution in [0.4, 0.5) is 0 Å². The molecule has 0 atom stereocenters. The van der Waals surface area contributed by atoms with Crippen molar-refractivity contribution in [3.8, 4) is 11.3 Å². The normalized spacial score (nSPS) is 17.2. The predicted octanol–water partition coefficient (Wildman–Crippen LogP) is 3.64. The number of nitrogens with zero attached hydrogens (tertiary/aromatic N) is 1. The molecule has 1 spiro atoms. The Labute approximate surface area is 185 Å². The van der Waals surface area contributed by atoms with Crippen LogP contribution in [0.25, 0.3) is 11.3 Å². The summed E-state index contributed by atoms with van der Waals surface area (Å²) >= 11 is 1.61. The maximum Gasteiger partial charge on any atom is 0.261 e. The second kappa shape index (κ2) is 8.89. The van der Waals surface area contributed by atoms with E-state index in [0.29, 0.717) is 6.54 Å². The molecule has 2 aliphatic rings. The molecule has 0 unspecified atom stereocenters. The molecule has 30 heavy (non-hydrogen) atoms. The highest BCUT2D eigenvalue weighted by atomic mass is 35.5. The first-order valence-corrected chi connectivity index (χ1v) is 10.9. The lowest BCUT2D eigenvalue weighted by atomic mass is 9.83. The number of hydrogen-bond donors (Lipinski definition) is 3. The molecule has 158 valence electrons. The highest BCUT2D eigenvalue weighted by Gasteiger charge is 2.40. The fraction of sp³-hybridized carbons (Fsp3) is 0.364. The van der Waals surface area contributed by atoms with E-state index in [2.05, 4.69) is 26.9 Å². The SMILES string of the molecule is Cl.O=C(NCc1cc(-c2ccccc2)n[nH]1)c1cc2c(s1)CCOC21CCNCC1. The molecule has 0 radical (unpaired) electrons. The minimum atomic E-state index is -0.207. The first-order chi connectivity index (χ1) is 14.2. The quantitative estimate of drug-likeness (QED) is 0.574. The number of thiophene rings is 1. The molecule has 3 N–H and O–H groups in total. The molecule has 2 aromatic heterocycles. The first kappa shape index (κ1) is 21.1. The Morgan fingerprint density at radius 1 is 1.20 bits per heavy atom. The number of amides is 1. The van der Waals surface area contributed by atoms with Gasteiger partial charge >= 0.3 is 0 Å². The summed E-state index contributed by atoms with van der Waals surface area (Å²) in [4.78, 5) is 14.9. The molecule has 0 saturated carbocycles.